The number of benzene rings is 3. The number of nitrogens with zero attached hydrogens (tertiary/aromatic N) is 12. The van der Waals surface area contributed by atoms with Crippen molar-refractivity contribution in [3.63, 3.8) is 0 Å². The van der Waals surface area contributed by atoms with Gasteiger partial charge in [0.1, 0.15) is 54.2 Å². The summed E-state index contributed by atoms with van der Waals surface area (Å²) in [7, 11) is 0. The van der Waals surface area contributed by atoms with E-state index >= 15 is 0 Å². The maximum absolute atomic E-state index is 6.54. The third kappa shape index (κ3) is 9.48. The molecule has 15 nitrogen and oxygen atoms in total. The van der Waals surface area contributed by atoms with Gasteiger partial charge in [0.05, 0.1) is 58.2 Å². The first-order valence-corrected chi connectivity index (χ1v) is 24.3. The minimum Gasteiger partial charge on any atom is -0.493 e. The van der Waals surface area contributed by atoms with E-state index in [2.05, 4.69) is 67.4 Å². The van der Waals surface area contributed by atoms with E-state index in [1.807, 2.05) is 146 Å². The third-order valence-corrected chi connectivity index (χ3v) is 13.2. The van der Waals surface area contributed by atoms with E-state index in [-0.39, 0.29) is 0 Å². The predicted octanol–water partition coefficient (Wildman–Crippen LogP) is 10.5. The molecule has 3 aliphatic carbocycles. The molecule has 0 bridgehead atoms. The van der Waals surface area contributed by atoms with Gasteiger partial charge in [0.2, 0.25) is 0 Å². The van der Waals surface area contributed by atoms with Crippen molar-refractivity contribution < 1.29 is 14.2 Å². The Morgan fingerprint density at radius 3 is 0.813 bits per heavy atom. The van der Waals surface area contributed by atoms with Gasteiger partial charge in [-0.05, 0) is 169 Å². The first-order valence-electron chi connectivity index (χ1n) is 24.3. The predicted molar refractivity (Wildman–Crippen MR) is 291 cm³/mol. The van der Waals surface area contributed by atoms with Gasteiger partial charge in [0, 0.05) is 70.6 Å². The maximum Gasteiger partial charge on any atom is 0.119 e. The van der Waals surface area contributed by atoms with Crippen LogP contribution >= 0.6 is 0 Å². The van der Waals surface area contributed by atoms with E-state index in [9.17, 15) is 0 Å². The minimum atomic E-state index is -0.560. The molecule has 0 unspecified atom stereocenters. The Labute approximate surface area is 431 Å². The highest BCUT2D eigenvalue weighted by Crippen LogP contribution is 2.36. The molecule has 0 atom stereocenters. The van der Waals surface area contributed by atoms with Gasteiger partial charge < -0.3 is 14.2 Å². The van der Waals surface area contributed by atoms with Crippen molar-refractivity contribution in [3.8, 4) is 51.4 Å². The smallest absolute Gasteiger partial charge is 0.119 e. The van der Waals surface area contributed by atoms with Crippen molar-refractivity contribution in [2.45, 2.75) is 13.3 Å². The van der Waals surface area contributed by atoms with Crippen LogP contribution in [0, 0.1) is 5.41 Å². The van der Waals surface area contributed by atoms with Gasteiger partial charge in [-0.25, -0.2) is 0 Å². The van der Waals surface area contributed by atoms with Crippen LogP contribution in [0.1, 0.15) is 63.4 Å². The van der Waals surface area contributed by atoms with E-state index in [1.165, 1.54) is 0 Å². The Morgan fingerprint density at radius 2 is 0.587 bits per heavy atom. The Bertz CT molecular complexity index is 3250. The van der Waals surface area contributed by atoms with Crippen LogP contribution in [-0.4, -0.2) is 85.5 Å². The van der Waals surface area contributed by atoms with Crippen molar-refractivity contribution >= 4 is 35.8 Å². The monoisotopic (exact) mass is 980 g/mol. The summed E-state index contributed by atoms with van der Waals surface area (Å²) in [6, 6.07) is 46.6. The highest BCUT2D eigenvalue weighted by molar-refractivity contribution is 6.24. The topological polar surface area (TPSA) is 179 Å². The van der Waals surface area contributed by atoms with Gasteiger partial charge in [0.25, 0.3) is 0 Å². The average molecular weight is 981 g/mol. The van der Waals surface area contributed by atoms with Crippen molar-refractivity contribution in [3.05, 3.63) is 233 Å². The zero-order valence-electron chi connectivity index (χ0n) is 40.5. The number of ether oxygens (including phenoxy) is 3. The summed E-state index contributed by atoms with van der Waals surface area (Å²) in [5, 5.41) is 27.2. The molecule has 3 aliphatic rings. The van der Waals surface area contributed by atoms with Gasteiger partial charge in [-0.1, -0.05) is 6.92 Å². The molecule has 0 amide bonds. The van der Waals surface area contributed by atoms with E-state index in [0.717, 1.165) is 101 Å². The number of fused-ring (bicyclic) bond motifs is 9. The van der Waals surface area contributed by atoms with Crippen LogP contribution in [0.5, 0.6) is 17.2 Å². The lowest BCUT2D eigenvalue weighted by Gasteiger charge is -2.32. The zero-order valence-corrected chi connectivity index (χ0v) is 40.5. The average Bonchev–Trinajstić information content (AvgIpc) is 4.11. The van der Waals surface area contributed by atoms with E-state index in [4.69, 9.17) is 14.2 Å². The summed E-state index contributed by atoms with van der Waals surface area (Å²) >= 11 is 0. The first-order chi connectivity index (χ1) is 37.1. The third-order valence-electron chi connectivity index (χ3n) is 13.2. The fourth-order valence-electron chi connectivity index (χ4n) is 9.02. The molecule has 0 spiro atoms. The molecule has 0 radical (unpaired) electrons. The molecular weight excluding hydrogens is 937 g/mol. The number of rotatable bonds is 16. The van der Waals surface area contributed by atoms with Crippen LogP contribution in [0.4, 0.5) is 0 Å². The van der Waals surface area contributed by atoms with Crippen LogP contribution in [0.2, 0.25) is 0 Å². The maximum atomic E-state index is 6.54. The number of hydrogen-bond acceptors (Lipinski definition) is 15. The lowest BCUT2D eigenvalue weighted by molar-refractivity contribution is 0.0293. The molecule has 9 aromatic rings. The summed E-state index contributed by atoms with van der Waals surface area (Å²) in [4.78, 5) is 27.2. The second kappa shape index (κ2) is 20.6. The molecule has 12 rings (SSSR count). The molecule has 6 heterocycles. The Balaban J connectivity index is 0.733. The SMILES string of the molecule is CCC(COc1ccc(/C=N/N=C2c3cccnc3-c3ncccc32)cc1)(COc1ccc(/C=N/N=C2c3cccnc3-c3ncccc32)cc1)COc1ccc(/C=N/N=C2c3cccnc3-c3ncccc32)cc1. The van der Waals surface area contributed by atoms with E-state index in [1.54, 1.807) is 55.8 Å². The Kier molecular flexibility index (Phi) is 12.7. The van der Waals surface area contributed by atoms with Crippen LogP contribution in [-0.2, 0) is 0 Å². The summed E-state index contributed by atoms with van der Waals surface area (Å²) < 4.78 is 19.6. The first kappa shape index (κ1) is 46.1. The van der Waals surface area contributed by atoms with Crippen LogP contribution in [0.15, 0.2) is 213 Å². The van der Waals surface area contributed by atoms with Crippen molar-refractivity contribution in [1.82, 2.24) is 29.9 Å². The largest absolute Gasteiger partial charge is 0.493 e. The summed E-state index contributed by atoms with van der Waals surface area (Å²) in [5.41, 5.74) is 14.6. The molecule has 15 heteroatoms. The zero-order chi connectivity index (χ0) is 50.4. The number of aromatic nitrogens is 6. The number of hydrogen-bond donors (Lipinski definition) is 0. The van der Waals surface area contributed by atoms with Gasteiger partial charge >= 0.3 is 0 Å². The summed E-state index contributed by atoms with van der Waals surface area (Å²) in [6.45, 7) is 3.07. The summed E-state index contributed by atoms with van der Waals surface area (Å²) in [5.74, 6) is 2.09. The van der Waals surface area contributed by atoms with Gasteiger partial charge in [0.15, 0.2) is 0 Å². The minimum absolute atomic E-state index is 0.316. The highest BCUT2D eigenvalue weighted by Gasteiger charge is 2.33. The molecule has 3 aromatic carbocycles. The molecule has 362 valence electrons. The highest BCUT2D eigenvalue weighted by atomic mass is 16.5. The second-order valence-corrected chi connectivity index (χ2v) is 17.9. The molecular formula is C60H44N12O3. The molecule has 0 N–H and O–H groups in total. The Hall–Kier alpha value is -10.0. The second-order valence-electron chi connectivity index (χ2n) is 17.9. The van der Waals surface area contributed by atoms with Crippen molar-refractivity contribution in [2.24, 2.45) is 36.0 Å². The van der Waals surface area contributed by atoms with Gasteiger partial charge in [-0.15, -0.1) is 15.3 Å². The molecule has 75 heavy (non-hydrogen) atoms. The summed E-state index contributed by atoms with van der Waals surface area (Å²) in [6.07, 6.45) is 16.4. The molecule has 0 aliphatic heterocycles. The normalized spacial score (nSPS) is 12.8. The molecule has 0 saturated carbocycles. The van der Waals surface area contributed by atoms with E-state index < -0.39 is 5.41 Å². The number of pyridine rings is 6. The van der Waals surface area contributed by atoms with Crippen molar-refractivity contribution in [1.29, 1.82) is 0 Å². The molecule has 0 saturated heterocycles. The molecule has 6 aromatic heterocycles. The quantitative estimate of drug-likeness (QED) is 0.0673. The van der Waals surface area contributed by atoms with Crippen LogP contribution < -0.4 is 14.2 Å². The van der Waals surface area contributed by atoms with Crippen molar-refractivity contribution in [2.75, 3.05) is 19.8 Å². The van der Waals surface area contributed by atoms with Gasteiger partial charge in [-0.3, -0.25) is 29.9 Å². The van der Waals surface area contributed by atoms with Crippen LogP contribution in [0.25, 0.3) is 34.2 Å². The standard InChI is InChI=1S/C60H44N12O3/c1-2-60(36-73-42-21-15-39(16-22-42)33-67-70-51-45-9-3-27-61-54(45)55-46(51)10-4-28-62-55,37-74-43-23-17-40(18-24-43)34-68-71-52-47-11-5-29-63-56(47)57-48(52)12-6-30-64-57)38-75-44-25-19-41(20-26-44)35-69-72-53-49-13-7-31-65-58(49)59-50(53)14-8-32-66-59/h3-35H,2,36-38H2,1H3/b67-33+,68-34+,69-35+. The fraction of sp³-hybridized carbons (Fsp3) is 0.100. The fourth-order valence-corrected chi connectivity index (χ4v) is 9.02. The lowest BCUT2D eigenvalue weighted by Crippen LogP contribution is -2.40. The van der Waals surface area contributed by atoms with E-state index in [0.29, 0.717) is 43.5 Å². The van der Waals surface area contributed by atoms with Crippen LogP contribution in [0.3, 0.4) is 0 Å². The molecule has 0 fully saturated rings. The Morgan fingerprint density at radius 1 is 0.347 bits per heavy atom. The van der Waals surface area contributed by atoms with Gasteiger partial charge in [-0.2, -0.15) is 15.3 Å². The lowest BCUT2D eigenvalue weighted by atomic mass is 9.88.